The van der Waals surface area contributed by atoms with Gasteiger partial charge in [0, 0.05) is 17.6 Å². The summed E-state index contributed by atoms with van der Waals surface area (Å²) in [5, 5.41) is 6.43. The van der Waals surface area contributed by atoms with Crippen molar-refractivity contribution in [3.8, 4) is 0 Å². The summed E-state index contributed by atoms with van der Waals surface area (Å²) in [5.74, 6) is 0. The fourth-order valence-corrected chi connectivity index (χ4v) is 2.91. The third kappa shape index (κ3) is 3.81. The molecule has 0 fully saturated rings. The SMILES string of the molecule is CC(NCc1csc(Br)c1)c1ccc(Cl)cc1. The van der Waals surface area contributed by atoms with Gasteiger partial charge in [-0.2, -0.15) is 0 Å². The van der Waals surface area contributed by atoms with Crippen LogP contribution in [0, 0.1) is 0 Å². The Morgan fingerprint density at radius 1 is 1.35 bits per heavy atom. The lowest BCUT2D eigenvalue weighted by Gasteiger charge is -2.13. The molecule has 1 atom stereocenters. The van der Waals surface area contributed by atoms with Crippen molar-refractivity contribution in [3.63, 3.8) is 0 Å². The van der Waals surface area contributed by atoms with E-state index in [1.807, 2.05) is 12.1 Å². The van der Waals surface area contributed by atoms with Crippen LogP contribution in [0.4, 0.5) is 0 Å². The maximum atomic E-state index is 5.87. The summed E-state index contributed by atoms with van der Waals surface area (Å²) in [6, 6.07) is 10.4. The number of thiophene rings is 1. The van der Waals surface area contributed by atoms with Crippen LogP contribution < -0.4 is 5.32 Å². The summed E-state index contributed by atoms with van der Waals surface area (Å²) < 4.78 is 1.17. The molecule has 4 heteroatoms. The van der Waals surface area contributed by atoms with Crippen LogP contribution >= 0.6 is 38.9 Å². The van der Waals surface area contributed by atoms with Crippen LogP contribution in [-0.4, -0.2) is 0 Å². The molecule has 17 heavy (non-hydrogen) atoms. The Kier molecular flexibility index (Phi) is 4.62. The Bertz CT molecular complexity index is 480. The molecular formula is C13H13BrClNS. The van der Waals surface area contributed by atoms with Crippen LogP contribution in [0.25, 0.3) is 0 Å². The molecule has 90 valence electrons. The fourth-order valence-electron chi connectivity index (χ4n) is 1.58. The summed E-state index contributed by atoms with van der Waals surface area (Å²) >= 11 is 11.0. The van der Waals surface area contributed by atoms with Gasteiger partial charge in [0.05, 0.1) is 3.79 Å². The van der Waals surface area contributed by atoms with Gasteiger partial charge in [0.2, 0.25) is 0 Å². The molecule has 0 spiro atoms. The first kappa shape index (κ1) is 13.1. The number of nitrogens with one attached hydrogen (secondary N) is 1. The zero-order chi connectivity index (χ0) is 12.3. The Morgan fingerprint density at radius 3 is 2.65 bits per heavy atom. The topological polar surface area (TPSA) is 12.0 Å². The first-order chi connectivity index (χ1) is 8.15. The molecule has 0 saturated carbocycles. The Hall–Kier alpha value is -0.350. The molecule has 0 aliphatic rings. The van der Waals surface area contributed by atoms with Gasteiger partial charge in [-0.3, -0.25) is 0 Å². The van der Waals surface area contributed by atoms with Crippen LogP contribution in [0.3, 0.4) is 0 Å². The van der Waals surface area contributed by atoms with Gasteiger partial charge in [0.15, 0.2) is 0 Å². The lowest BCUT2D eigenvalue weighted by atomic mass is 10.1. The van der Waals surface area contributed by atoms with Gasteiger partial charge in [-0.15, -0.1) is 11.3 Å². The second kappa shape index (κ2) is 6.01. The van der Waals surface area contributed by atoms with E-state index in [0.29, 0.717) is 6.04 Å². The lowest BCUT2D eigenvalue weighted by molar-refractivity contribution is 0.575. The molecule has 0 radical (unpaired) electrons. The minimum atomic E-state index is 0.325. The van der Waals surface area contributed by atoms with Crippen molar-refractivity contribution in [1.82, 2.24) is 5.32 Å². The zero-order valence-corrected chi connectivity index (χ0v) is 12.6. The average Bonchev–Trinajstić information content (AvgIpc) is 2.73. The first-order valence-corrected chi connectivity index (χ1v) is 7.42. The molecule has 2 rings (SSSR count). The van der Waals surface area contributed by atoms with Gasteiger partial charge < -0.3 is 5.32 Å². The third-order valence-electron chi connectivity index (χ3n) is 2.60. The smallest absolute Gasteiger partial charge is 0.0701 e. The molecule has 0 aliphatic carbocycles. The summed E-state index contributed by atoms with van der Waals surface area (Å²) in [6.07, 6.45) is 0. The molecule has 1 unspecified atom stereocenters. The monoisotopic (exact) mass is 329 g/mol. The van der Waals surface area contributed by atoms with Gasteiger partial charge in [0.1, 0.15) is 0 Å². The summed E-state index contributed by atoms with van der Waals surface area (Å²) in [4.78, 5) is 0. The fraction of sp³-hybridized carbons (Fsp3) is 0.231. The van der Waals surface area contributed by atoms with E-state index < -0.39 is 0 Å². The van der Waals surface area contributed by atoms with E-state index in [9.17, 15) is 0 Å². The molecule has 0 bridgehead atoms. The largest absolute Gasteiger partial charge is 0.306 e. The van der Waals surface area contributed by atoms with E-state index in [-0.39, 0.29) is 0 Å². The van der Waals surface area contributed by atoms with Crippen LogP contribution in [-0.2, 0) is 6.54 Å². The molecule has 0 saturated heterocycles. The predicted octanol–water partition coefficient (Wildman–Crippen LogP) is 5.01. The average molecular weight is 331 g/mol. The number of benzene rings is 1. The number of hydrogen-bond acceptors (Lipinski definition) is 2. The standard InChI is InChI=1S/C13H13BrClNS/c1-9(11-2-4-12(15)5-3-11)16-7-10-6-13(14)17-8-10/h2-6,8-9,16H,7H2,1H3. The second-order valence-electron chi connectivity index (χ2n) is 3.91. The Balaban J connectivity index is 1.93. The Morgan fingerprint density at radius 2 is 2.06 bits per heavy atom. The van der Waals surface area contributed by atoms with Crippen molar-refractivity contribution in [2.24, 2.45) is 0 Å². The van der Waals surface area contributed by atoms with Crippen molar-refractivity contribution in [2.75, 3.05) is 0 Å². The zero-order valence-electron chi connectivity index (χ0n) is 9.41. The highest BCUT2D eigenvalue weighted by Gasteiger charge is 2.05. The lowest BCUT2D eigenvalue weighted by Crippen LogP contribution is -2.17. The summed E-state index contributed by atoms with van der Waals surface area (Å²) in [7, 11) is 0. The molecule has 0 amide bonds. The molecule has 2 aromatic rings. The molecule has 1 N–H and O–H groups in total. The van der Waals surface area contributed by atoms with E-state index >= 15 is 0 Å². The quantitative estimate of drug-likeness (QED) is 0.830. The second-order valence-corrected chi connectivity index (χ2v) is 6.64. The minimum Gasteiger partial charge on any atom is -0.306 e. The van der Waals surface area contributed by atoms with E-state index in [1.54, 1.807) is 11.3 Å². The number of hydrogen-bond donors (Lipinski definition) is 1. The predicted molar refractivity (Wildman–Crippen MR) is 78.7 cm³/mol. The highest BCUT2D eigenvalue weighted by molar-refractivity contribution is 9.11. The highest BCUT2D eigenvalue weighted by Crippen LogP contribution is 2.21. The van der Waals surface area contributed by atoms with Crippen LogP contribution in [0.2, 0.25) is 5.02 Å². The van der Waals surface area contributed by atoms with Crippen molar-refractivity contribution in [1.29, 1.82) is 0 Å². The maximum Gasteiger partial charge on any atom is 0.0701 e. The molecular weight excluding hydrogens is 318 g/mol. The van der Waals surface area contributed by atoms with E-state index in [1.165, 1.54) is 14.9 Å². The molecule has 1 aromatic carbocycles. The molecule has 1 aromatic heterocycles. The summed E-state index contributed by atoms with van der Waals surface area (Å²) in [5.41, 5.74) is 2.56. The van der Waals surface area contributed by atoms with Crippen molar-refractivity contribution in [2.45, 2.75) is 19.5 Å². The Labute approximate surface area is 119 Å². The molecule has 0 aliphatic heterocycles. The van der Waals surface area contributed by atoms with Crippen molar-refractivity contribution in [3.05, 3.63) is 55.6 Å². The first-order valence-electron chi connectivity index (χ1n) is 5.37. The van der Waals surface area contributed by atoms with Crippen LogP contribution in [0.5, 0.6) is 0 Å². The minimum absolute atomic E-state index is 0.325. The van der Waals surface area contributed by atoms with Gasteiger partial charge in [0.25, 0.3) is 0 Å². The molecule has 1 heterocycles. The van der Waals surface area contributed by atoms with Gasteiger partial charge in [-0.05, 0) is 57.6 Å². The van der Waals surface area contributed by atoms with E-state index in [4.69, 9.17) is 11.6 Å². The maximum absolute atomic E-state index is 5.87. The number of halogens is 2. The third-order valence-corrected chi connectivity index (χ3v) is 4.41. The highest BCUT2D eigenvalue weighted by atomic mass is 79.9. The number of rotatable bonds is 4. The van der Waals surface area contributed by atoms with Gasteiger partial charge in [-0.25, -0.2) is 0 Å². The summed E-state index contributed by atoms with van der Waals surface area (Å²) in [6.45, 7) is 3.04. The van der Waals surface area contributed by atoms with Gasteiger partial charge >= 0.3 is 0 Å². The molecule has 1 nitrogen and oxygen atoms in total. The van der Waals surface area contributed by atoms with E-state index in [0.717, 1.165) is 11.6 Å². The van der Waals surface area contributed by atoms with Crippen LogP contribution in [0.1, 0.15) is 24.1 Å². The van der Waals surface area contributed by atoms with E-state index in [2.05, 4.69) is 51.7 Å². The van der Waals surface area contributed by atoms with Crippen molar-refractivity contribution < 1.29 is 0 Å². The van der Waals surface area contributed by atoms with Gasteiger partial charge in [-0.1, -0.05) is 23.7 Å². The van der Waals surface area contributed by atoms with Crippen molar-refractivity contribution >= 4 is 38.9 Å². The van der Waals surface area contributed by atoms with Crippen LogP contribution in [0.15, 0.2) is 39.5 Å². The normalized spacial score (nSPS) is 12.6.